The average molecular weight is 431 g/mol. The third-order valence-corrected chi connectivity index (χ3v) is 5.45. The van der Waals surface area contributed by atoms with E-state index in [9.17, 15) is 4.79 Å². The molecular weight excluding hydrogens is 388 g/mol. The van der Waals surface area contributed by atoms with E-state index in [-0.39, 0.29) is 11.2 Å². The van der Waals surface area contributed by atoms with E-state index >= 15 is 0 Å². The van der Waals surface area contributed by atoms with Crippen LogP contribution in [0.25, 0.3) is 0 Å². The van der Waals surface area contributed by atoms with E-state index in [1.54, 1.807) is 11.8 Å². The Balaban J connectivity index is 3.86. The molecule has 2 nitrogen and oxygen atoms in total. The molecule has 0 aliphatic carbocycles. The molecule has 0 bridgehead atoms. The number of rotatable bonds is 18. The van der Waals surface area contributed by atoms with Crippen LogP contribution in [0.5, 0.6) is 0 Å². The largest absolute Gasteiger partial charge is 0.465 e. The summed E-state index contributed by atoms with van der Waals surface area (Å²) in [6.07, 6.45) is 34.1. The zero-order valence-electron chi connectivity index (χ0n) is 19.3. The fourth-order valence-corrected chi connectivity index (χ4v) is 3.44. The molecule has 168 valence electrons. The van der Waals surface area contributed by atoms with Gasteiger partial charge in [0.05, 0.1) is 6.61 Å². The normalized spacial score (nSPS) is 13.8. The van der Waals surface area contributed by atoms with E-state index in [0.29, 0.717) is 6.61 Å². The smallest absolute Gasteiger partial charge is 0.319 e. The summed E-state index contributed by atoms with van der Waals surface area (Å²) in [6, 6.07) is 0. The van der Waals surface area contributed by atoms with E-state index in [2.05, 4.69) is 86.8 Å². The second-order valence-electron chi connectivity index (χ2n) is 6.76. The first-order valence-corrected chi connectivity index (χ1v) is 12.5. The molecule has 0 saturated heterocycles. The molecule has 3 heteroatoms. The quantitative estimate of drug-likeness (QED) is 0.162. The third-order valence-electron chi connectivity index (χ3n) is 4.02. The number of ether oxygens (including phenoxy) is 1. The Morgan fingerprint density at radius 1 is 0.700 bits per heavy atom. The van der Waals surface area contributed by atoms with Crippen molar-refractivity contribution in [2.75, 3.05) is 12.4 Å². The Morgan fingerprint density at radius 2 is 1.13 bits per heavy atom. The average Bonchev–Trinajstić information content (AvgIpc) is 2.75. The molecule has 0 rings (SSSR count). The summed E-state index contributed by atoms with van der Waals surface area (Å²) in [7, 11) is 0. The predicted molar refractivity (Wildman–Crippen MR) is 136 cm³/mol. The van der Waals surface area contributed by atoms with Crippen LogP contribution in [0, 0.1) is 0 Å². The molecule has 0 heterocycles. The summed E-state index contributed by atoms with van der Waals surface area (Å²) in [4.78, 5) is 12.0. The second kappa shape index (κ2) is 23.5. The van der Waals surface area contributed by atoms with Gasteiger partial charge in [-0.3, -0.25) is 4.79 Å². The molecule has 0 aromatic heterocycles. The van der Waals surface area contributed by atoms with E-state index in [4.69, 9.17) is 4.74 Å². The number of hydrogen-bond acceptors (Lipinski definition) is 3. The summed E-state index contributed by atoms with van der Waals surface area (Å²) in [5, 5.41) is -0.0745. The molecule has 0 aliphatic rings. The number of allylic oxidation sites excluding steroid dienone is 12. The lowest BCUT2D eigenvalue weighted by Crippen LogP contribution is -2.20. The van der Waals surface area contributed by atoms with Gasteiger partial charge in [0, 0.05) is 0 Å². The summed E-state index contributed by atoms with van der Waals surface area (Å²) < 4.78 is 5.16. The molecule has 0 spiro atoms. The second-order valence-corrected chi connectivity index (χ2v) is 8.07. The van der Waals surface area contributed by atoms with Crippen molar-refractivity contribution in [2.24, 2.45) is 0 Å². The van der Waals surface area contributed by atoms with Crippen LogP contribution in [-0.4, -0.2) is 23.6 Å². The standard InChI is InChI=1S/C27H42O2S/c1-4-7-8-9-10-11-12-13-14-15-16-17-18-19-20-21-22-23-24-26(30-25-5-2)27(28)29-6-3/h7-8,10-11,13-14,16-17,19-20,22-23,26H,4-6,9,12,15,18,21,24-25H2,1-3H3/b8-7-,11-10-,14-13-,17-16-,20-19-,23-22+. The van der Waals surface area contributed by atoms with Crippen molar-refractivity contribution in [3.05, 3.63) is 72.9 Å². The Labute approximate surface area is 189 Å². The molecule has 0 radical (unpaired) electrons. The van der Waals surface area contributed by atoms with Gasteiger partial charge in [-0.05, 0) is 64.0 Å². The van der Waals surface area contributed by atoms with Crippen LogP contribution in [0.2, 0.25) is 0 Å². The lowest BCUT2D eigenvalue weighted by molar-refractivity contribution is -0.142. The van der Waals surface area contributed by atoms with Crippen LogP contribution in [0.1, 0.15) is 72.1 Å². The van der Waals surface area contributed by atoms with Gasteiger partial charge in [-0.25, -0.2) is 0 Å². The van der Waals surface area contributed by atoms with Crippen LogP contribution in [0.3, 0.4) is 0 Å². The first kappa shape index (κ1) is 28.3. The SMILES string of the molecule is CC/C=C\C/C=C\C/C=C\C/C=C\C/C=C\C/C=C/CC(SCCC)C(=O)OCC. The highest BCUT2D eigenvalue weighted by molar-refractivity contribution is 8.00. The molecule has 0 saturated carbocycles. The van der Waals surface area contributed by atoms with Gasteiger partial charge in [0.1, 0.15) is 5.25 Å². The van der Waals surface area contributed by atoms with Gasteiger partial charge in [0.2, 0.25) is 0 Å². The van der Waals surface area contributed by atoms with Crippen molar-refractivity contribution in [2.45, 2.75) is 77.4 Å². The van der Waals surface area contributed by atoms with E-state index in [1.165, 1.54) is 0 Å². The van der Waals surface area contributed by atoms with Crippen LogP contribution in [-0.2, 0) is 9.53 Å². The lowest BCUT2D eigenvalue weighted by atomic mass is 10.2. The molecule has 0 fully saturated rings. The van der Waals surface area contributed by atoms with Gasteiger partial charge in [-0.15, -0.1) is 11.8 Å². The first-order valence-electron chi connectivity index (χ1n) is 11.4. The first-order chi connectivity index (χ1) is 14.8. The number of thioether (sulfide) groups is 1. The number of carbonyl (C=O) groups is 1. The van der Waals surface area contributed by atoms with Gasteiger partial charge < -0.3 is 4.74 Å². The van der Waals surface area contributed by atoms with Crippen molar-refractivity contribution >= 4 is 17.7 Å². The Hall–Kier alpha value is -1.74. The number of esters is 1. The maximum absolute atomic E-state index is 12.0. The van der Waals surface area contributed by atoms with Gasteiger partial charge in [-0.1, -0.05) is 86.8 Å². The maximum Gasteiger partial charge on any atom is 0.319 e. The monoisotopic (exact) mass is 430 g/mol. The maximum atomic E-state index is 12.0. The molecule has 0 amide bonds. The summed E-state index contributed by atoms with van der Waals surface area (Å²) in [5.74, 6) is 0.905. The molecule has 0 aliphatic heterocycles. The zero-order valence-corrected chi connectivity index (χ0v) is 20.1. The van der Waals surface area contributed by atoms with E-state index < -0.39 is 0 Å². The Kier molecular flexibility index (Phi) is 22.2. The van der Waals surface area contributed by atoms with Gasteiger partial charge >= 0.3 is 5.97 Å². The molecule has 1 unspecified atom stereocenters. The van der Waals surface area contributed by atoms with Crippen molar-refractivity contribution in [3.63, 3.8) is 0 Å². The fourth-order valence-electron chi connectivity index (χ4n) is 2.47. The Bertz CT molecular complexity index is 567. The highest BCUT2D eigenvalue weighted by Crippen LogP contribution is 2.18. The van der Waals surface area contributed by atoms with Crippen LogP contribution >= 0.6 is 11.8 Å². The minimum atomic E-state index is -0.0875. The molecule has 30 heavy (non-hydrogen) atoms. The minimum absolute atomic E-state index is 0.0745. The van der Waals surface area contributed by atoms with E-state index in [0.717, 1.165) is 57.1 Å². The van der Waals surface area contributed by atoms with Gasteiger partial charge in [-0.2, -0.15) is 0 Å². The van der Waals surface area contributed by atoms with Gasteiger partial charge in [0.25, 0.3) is 0 Å². The third kappa shape index (κ3) is 19.6. The summed E-state index contributed by atoms with van der Waals surface area (Å²) in [5.41, 5.74) is 0. The highest BCUT2D eigenvalue weighted by Gasteiger charge is 2.17. The summed E-state index contributed by atoms with van der Waals surface area (Å²) in [6.45, 7) is 6.59. The van der Waals surface area contributed by atoms with Crippen molar-refractivity contribution < 1.29 is 9.53 Å². The van der Waals surface area contributed by atoms with Crippen molar-refractivity contribution in [1.82, 2.24) is 0 Å². The van der Waals surface area contributed by atoms with Crippen molar-refractivity contribution in [3.8, 4) is 0 Å². The highest BCUT2D eigenvalue weighted by atomic mass is 32.2. The fraction of sp³-hybridized carbons (Fsp3) is 0.519. The van der Waals surface area contributed by atoms with Gasteiger partial charge in [0.15, 0.2) is 0 Å². The summed E-state index contributed by atoms with van der Waals surface area (Å²) >= 11 is 1.69. The molecule has 0 aromatic rings. The van der Waals surface area contributed by atoms with Crippen LogP contribution < -0.4 is 0 Å². The number of carbonyl (C=O) groups excluding carboxylic acids is 1. The number of hydrogen-bond donors (Lipinski definition) is 0. The molecular formula is C27H42O2S. The predicted octanol–water partition coefficient (Wildman–Crippen LogP) is 8.15. The zero-order chi connectivity index (χ0) is 22.1. The molecule has 0 N–H and O–H groups in total. The lowest BCUT2D eigenvalue weighted by Gasteiger charge is -2.12. The molecule has 0 aromatic carbocycles. The van der Waals surface area contributed by atoms with Crippen LogP contribution in [0.4, 0.5) is 0 Å². The van der Waals surface area contributed by atoms with E-state index in [1.807, 2.05) is 6.92 Å². The Morgan fingerprint density at radius 3 is 1.53 bits per heavy atom. The minimum Gasteiger partial charge on any atom is -0.465 e. The van der Waals surface area contributed by atoms with Crippen molar-refractivity contribution in [1.29, 1.82) is 0 Å². The topological polar surface area (TPSA) is 26.3 Å². The van der Waals surface area contributed by atoms with Crippen LogP contribution in [0.15, 0.2) is 72.9 Å². The molecule has 1 atom stereocenters.